The molecule has 1 nitrogen and oxygen atoms in total. The molecule has 1 aliphatic rings. The number of rotatable bonds is 3. The number of halogens is 1. The van der Waals surface area contributed by atoms with Gasteiger partial charge in [0.25, 0.3) is 0 Å². The van der Waals surface area contributed by atoms with E-state index in [9.17, 15) is 0 Å². The summed E-state index contributed by atoms with van der Waals surface area (Å²) < 4.78 is 0. The van der Waals surface area contributed by atoms with Gasteiger partial charge in [0.15, 0.2) is 0 Å². The first kappa shape index (κ1) is 12.5. The van der Waals surface area contributed by atoms with Gasteiger partial charge >= 0.3 is 0 Å². The average molecular weight is 262 g/mol. The van der Waals surface area contributed by atoms with Crippen molar-refractivity contribution in [2.45, 2.75) is 64.0 Å². The third kappa shape index (κ3) is 3.23. The quantitative estimate of drug-likeness (QED) is 0.552. The molecule has 0 aromatic rings. The Labute approximate surface area is 97.4 Å². The first-order chi connectivity index (χ1) is 6.58. The van der Waals surface area contributed by atoms with Crippen LogP contribution >= 0.6 is 15.9 Å². The Hall–Kier alpha value is 0.440. The molecule has 0 N–H and O–H groups in total. The van der Waals surface area contributed by atoms with Gasteiger partial charge < -0.3 is 0 Å². The second-order valence-electron chi connectivity index (χ2n) is 5.20. The Morgan fingerprint density at radius 2 is 1.64 bits per heavy atom. The van der Waals surface area contributed by atoms with Gasteiger partial charge in [0.2, 0.25) is 0 Å². The van der Waals surface area contributed by atoms with E-state index in [1.807, 2.05) is 0 Å². The summed E-state index contributed by atoms with van der Waals surface area (Å²) in [6, 6.07) is 0.810. The van der Waals surface area contributed by atoms with Crippen molar-refractivity contribution in [2.24, 2.45) is 0 Å². The van der Waals surface area contributed by atoms with Crippen LogP contribution in [0.15, 0.2) is 0 Å². The maximum atomic E-state index is 3.62. The van der Waals surface area contributed by atoms with Gasteiger partial charge in [-0.25, -0.2) is 0 Å². The molecule has 0 aromatic heterocycles. The minimum atomic E-state index is 0.301. The second kappa shape index (κ2) is 5.50. The van der Waals surface area contributed by atoms with Gasteiger partial charge in [-0.2, -0.15) is 0 Å². The van der Waals surface area contributed by atoms with E-state index in [4.69, 9.17) is 0 Å². The molecule has 0 atom stereocenters. The largest absolute Gasteiger partial charge is 0.297 e. The first-order valence-corrected chi connectivity index (χ1v) is 6.99. The van der Waals surface area contributed by atoms with Crippen molar-refractivity contribution in [1.82, 2.24) is 4.90 Å². The van der Waals surface area contributed by atoms with Gasteiger partial charge in [-0.3, -0.25) is 4.90 Å². The minimum Gasteiger partial charge on any atom is -0.297 e. The molecule has 0 saturated heterocycles. The monoisotopic (exact) mass is 261 g/mol. The lowest BCUT2D eigenvalue weighted by molar-refractivity contribution is 0.110. The number of nitrogens with zero attached hydrogens (tertiary/aromatic N) is 1. The van der Waals surface area contributed by atoms with Crippen LogP contribution in [0.4, 0.5) is 0 Å². The second-order valence-corrected chi connectivity index (χ2v) is 5.76. The van der Waals surface area contributed by atoms with E-state index >= 15 is 0 Å². The van der Waals surface area contributed by atoms with Crippen molar-refractivity contribution in [1.29, 1.82) is 0 Å². The molecule has 0 unspecified atom stereocenters. The molecule has 0 spiro atoms. The van der Waals surface area contributed by atoms with Crippen molar-refractivity contribution < 1.29 is 0 Å². The highest BCUT2D eigenvalue weighted by molar-refractivity contribution is 9.09. The van der Waals surface area contributed by atoms with E-state index in [0.717, 1.165) is 11.4 Å². The molecule has 14 heavy (non-hydrogen) atoms. The predicted molar refractivity (Wildman–Crippen MR) is 67.1 cm³/mol. The van der Waals surface area contributed by atoms with E-state index in [1.54, 1.807) is 0 Å². The number of hydrogen-bond donors (Lipinski definition) is 0. The van der Waals surface area contributed by atoms with Crippen LogP contribution in [0.5, 0.6) is 0 Å². The number of alkyl halides is 1. The summed E-state index contributed by atoms with van der Waals surface area (Å²) in [4.78, 5) is 2.58. The van der Waals surface area contributed by atoms with E-state index in [1.165, 1.54) is 38.5 Å². The highest BCUT2D eigenvalue weighted by atomic mass is 79.9. The minimum absolute atomic E-state index is 0.301. The number of hydrogen-bond acceptors (Lipinski definition) is 1. The van der Waals surface area contributed by atoms with E-state index < -0.39 is 0 Å². The smallest absolute Gasteiger partial charge is 0.0249 e. The topological polar surface area (TPSA) is 3.24 Å². The SMILES string of the molecule is CN(C1CCCCCC1)C(C)(C)CBr. The summed E-state index contributed by atoms with van der Waals surface area (Å²) in [5, 5.41) is 1.06. The molecule has 2 heteroatoms. The maximum absolute atomic E-state index is 3.62. The van der Waals surface area contributed by atoms with Crippen molar-refractivity contribution >= 4 is 15.9 Å². The van der Waals surface area contributed by atoms with E-state index in [-0.39, 0.29) is 0 Å². The summed E-state index contributed by atoms with van der Waals surface area (Å²) in [5.74, 6) is 0. The summed E-state index contributed by atoms with van der Waals surface area (Å²) in [5.41, 5.74) is 0.301. The van der Waals surface area contributed by atoms with Crippen molar-refractivity contribution in [2.75, 3.05) is 12.4 Å². The zero-order valence-electron chi connectivity index (χ0n) is 9.85. The lowest BCUT2D eigenvalue weighted by Crippen LogP contribution is -2.48. The summed E-state index contributed by atoms with van der Waals surface area (Å²) >= 11 is 3.62. The van der Waals surface area contributed by atoms with Crippen LogP contribution in [0.25, 0.3) is 0 Å². The molecule has 0 aliphatic heterocycles. The maximum Gasteiger partial charge on any atom is 0.0249 e. The van der Waals surface area contributed by atoms with Crippen LogP contribution in [-0.2, 0) is 0 Å². The third-order valence-corrected chi connectivity index (χ3v) is 5.03. The van der Waals surface area contributed by atoms with Gasteiger partial charge in [-0.1, -0.05) is 41.6 Å². The molecular formula is C12H24BrN. The molecule has 1 fully saturated rings. The van der Waals surface area contributed by atoms with Gasteiger partial charge in [0.1, 0.15) is 0 Å². The molecule has 0 bridgehead atoms. The van der Waals surface area contributed by atoms with Crippen LogP contribution in [0, 0.1) is 0 Å². The predicted octanol–water partition coefficient (Wildman–Crippen LogP) is 3.81. The van der Waals surface area contributed by atoms with Gasteiger partial charge in [0.05, 0.1) is 0 Å². The molecule has 0 aromatic carbocycles. The first-order valence-electron chi connectivity index (χ1n) is 5.87. The molecular weight excluding hydrogens is 238 g/mol. The zero-order valence-corrected chi connectivity index (χ0v) is 11.4. The van der Waals surface area contributed by atoms with E-state index in [0.29, 0.717) is 5.54 Å². The molecule has 0 heterocycles. The van der Waals surface area contributed by atoms with Crippen LogP contribution in [-0.4, -0.2) is 28.9 Å². The fourth-order valence-electron chi connectivity index (χ4n) is 2.23. The molecule has 1 rings (SSSR count). The Morgan fingerprint density at radius 1 is 1.14 bits per heavy atom. The van der Waals surface area contributed by atoms with Gasteiger partial charge in [0, 0.05) is 16.9 Å². The summed E-state index contributed by atoms with van der Waals surface area (Å²) in [7, 11) is 2.29. The molecule has 1 saturated carbocycles. The average Bonchev–Trinajstić information content (AvgIpc) is 2.44. The zero-order chi connectivity index (χ0) is 10.6. The van der Waals surface area contributed by atoms with Gasteiger partial charge in [-0.05, 0) is 33.7 Å². The normalized spacial score (nSPS) is 21.2. The van der Waals surface area contributed by atoms with Crippen LogP contribution in [0.2, 0.25) is 0 Å². The van der Waals surface area contributed by atoms with Crippen molar-refractivity contribution in [3.63, 3.8) is 0 Å². The molecule has 84 valence electrons. The standard InChI is InChI=1S/C12H24BrN/c1-12(2,10-13)14(3)11-8-6-4-5-7-9-11/h11H,4-10H2,1-3H3. The summed E-state index contributed by atoms with van der Waals surface area (Å²) in [6.07, 6.45) is 8.53. The van der Waals surface area contributed by atoms with Crippen LogP contribution < -0.4 is 0 Å². The van der Waals surface area contributed by atoms with Crippen LogP contribution in [0.1, 0.15) is 52.4 Å². The lowest BCUT2D eigenvalue weighted by atomic mass is 9.99. The Balaban J connectivity index is 2.53. The fourth-order valence-corrected chi connectivity index (χ4v) is 2.63. The summed E-state index contributed by atoms with van der Waals surface area (Å²) in [6.45, 7) is 4.65. The Morgan fingerprint density at radius 3 is 2.07 bits per heavy atom. The lowest BCUT2D eigenvalue weighted by Gasteiger charge is -2.40. The molecule has 0 amide bonds. The van der Waals surface area contributed by atoms with Crippen molar-refractivity contribution in [3.8, 4) is 0 Å². The highest BCUT2D eigenvalue weighted by Gasteiger charge is 2.28. The Kier molecular flexibility index (Phi) is 4.92. The highest BCUT2D eigenvalue weighted by Crippen LogP contribution is 2.26. The van der Waals surface area contributed by atoms with E-state index in [2.05, 4.69) is 41.7 Å². The Bertz CT molecular complexity index is 160. The molecule has 1 aliphatic carbocycles. The fraction of sp³-hybridized carbons (Fsp3) is 1.00. The molecule has 0 radical (unpaired) electrons. The van der Waals surface area contributed by atoms with Crippen molar-refractivity contribution in [3.05, 3.63) is 0 Å². The van der Waals surface area contributed by atoms with Gasteiger partial charge in [-0.15, -0.1) is 0 Å². The third-order valence-electron chi connectivity index (χ3n) is 3.65. The van der Waals surface area contributed by atoms with Crippen LogP contribution in [0.3, 0.4) is 0 Å².